The van der Waals surface area contributed by atoms with Crippen LogP contribution in [0.25, 0.3) is 28.8 Å². The number of thioether (sulfide) groups is 1. The molecule has 3 heterocycles. The number of aromatic nitrogens is 4. The number of hydrogen-bond acceptors (Lipinski definition) is 5. The highest BCUT2D eigenvalue weighted by Gasteiger charge is 2.32. The third kappa shape index (κ3) is 4.01. The Hall–Kier alpha value is -2.88. The Morgan fingerprint density at radius 3 is 2.68 bits per heavy atom. The second-order valence-corrected chi connectivity index (χ2v) is 7.08. The lowest BCUT2D eigenvalue weighted by Crippen LogP contribution is -2.05. The quantitative estimate of drug-likeness (QED) is 0.502. The SMILES string of the molecule is CCSc1cc(C=CC(=O)O)cnc1-c1nc2cc(C(F)(F)F)cnc2n1C. The van der Waals surface area contributed by atoms with E-state index in [1.54, 1.807) is 17.7 Å². The zero-order chi connectivity index (χ0) is 20.5. The van der Waals surface area contributed by atoms with Crippen LogP contribution in [-0.2, 0) is 18.0 Å². The molecule has 6 nitrogen and oxygen atoms in total. The number of carboxylic acids is 1. The predicted molar refractivity (Wildman–Crippen MR) is 99.8 cm³/mol. The molecule has 0 bridgehead atoms. The molecule has 0 aromatic carbocycles. The van der Waals surface area contributed by atoms with E-state index in [9.17, 15) is 18.0 Å². The molecule has 0 saturated carbocycles. The molecule has 0 radical (unpaired) electrons. The highest BCUT2D eigenvalue weighted by molar-refractivity contribution is 7.99. The number of aryl methyl sites for hydroxylation is 1. The van der Waals surface area contributed by atoms with Gasteiger partial charge in [-0.3, -0.25) is 4.98 Å². The number of imidazole rings is 1. The lowest BCUT2D eigenvalue weighted by molar-refractivity contribution is -0.137. The molecular formula is C18H15F3N4O2S. The number of carboxylic acid groups (broad SMARTS) is 1. The van der Waals surface area contributed by atoms with Crippen LogP contribution < -0.4 is 0 Å². The summed E-state index contributed by atoms with van der Waals surface area (Å²) in [4.78, 5) is 24.0. The molecule has 0 spiro atoms. The average Bonchev–Trinajstić information content (AvgIpc) is 2.96. The van der Waals surface area contributed by atoms with Crippen LogP contribution in [0.3, 0.4) is 0 Å². The number of halogens is 3. The molecular weight excluding hydrogens is 393 g/mol. The van der Waals surface area contributed by atoms with Crippen molar-refractivity contribution in [1.82, 2.24) is 19.5 Å². The number of fused-ring (bicyclic) bond motifs is 1. The van der Waals surface area contributed by atoms with Crippen LogP contribution >= 0.6 is 11.8 Å². The fraction of sp³-hybridized carbons (Fsp3) is 0.222. The average molecular weight is 408 g/mol. The first-order valence-electron chi connectivity index (χ1n) is 8.14. The van der Waals surface area contributed by atoms with Crippen molar-refractivity contribution in [3.05, 3.63) is 41.7 Å². The Balaban J connectivity index is 2.12. The highest BCUT2D eigenvalue weighted by Crippen LogP contribution is 2.34. The predicted octanol–water partition coefficient (Wildman–Crippen LogP) is 4.26. The third-order valence-electron chi connectivity index (χ3n) is 3.84. The minimum Gasteiger partial charge on any atom is -0.478 e. The summed E-state index contributed by atoms with van der Waals surface area (Å²) in [6.45, 7) is 1.94. The zero-order valence-corrected chi connectivity index (χ0v) is 15.7. The standard InChI is InChI=1S/C18H15F3N4O2S/c1-3-28-13-6-10(4-5-14(26)27)8-22-15(13)17-24-12-7-11(18(19,20)21)9-23-16(12)25(17)2/h4-9H,3H2,1-2H3,(H,26,27). The Bertz CT molecular complexity index is 1080. The Kier molecular flexibility index (Phi) is 5.41. The van der Waals surface area contributed by atoms with Gasteiger partial charge in [-0.25, -0.2) is 14.8 Å². The minimum atomic E-state index is -4.50. The maximum absolute atomic E-state index is 12.9. The summed E-state index contributed by atoms with van der Waals surface area (Å²) in [6, 6.07) is 2.73. The van der Waals surface area contributed by atoms with E-state index in [0.29, 0.717) is 22.7 Å². The molecule has 146 valence electrons. The lowest BCUT2D eigenvalue weighted by atomic mass is 10.2. The summed E-state index contributed by atoms with van der Waals surface area (Å²) >= 11 is 1.47. The topological polar surface area (TPSA) is 80.9 Å². The molecule has 10 heteroatoms. The molecule has 1 N–H and O–H groups in total. The smallest absolute Gasteiger partial charge is 0.417 e. The van der Waals surface area contributed by atoms with Gasteiger partial charge in [0.2, 0.25) is 0 Å². The van der Waals surface area contributed by atoms with Gasteiger partial charge in [-0.1, -0.05) is 6.92 Å². The van der Waals surface area contributed by atoms with Crippen LogP contribution in [0.15, 0.2) is 35.5 Å². The van der Waals surface area contributed by atoms with Crippen molar-refractivity contribution in [3.63, 3.8) is 0 Å². The van der Waals surface area contributed by atoms with Gasteiger partial charge in [-0.05, 0) is 29.5 Å². The van der Waals surface area contributed by atoms with E-state index in [1.165, 1.54) is 24.0 Å². The van der Waals surface area contributed by atoms with E-state index in [2.05, 4.69) is 15.0 Å². The number of hydrogen-bond donors (Lipinski definition) is 1. The fourth-order valence-electron chi connectivity index (χ4n) is 2.59. The number of nitrogens with zero attached hydrogens (tertiary/aromatic N) is 4. The van der Waals surface area contributed by atoms with Crippen molar-refractivity contribution in [1.29, 1.82) is 0 Å². The van der Waals surface area contributed by atoms with Crippen LogP contribution in [0.1, 0.15) is 18.1 Å². The molecule has 28 heavy (non-hydrogen) atoms. The van der Waals surface area contributed by atoms with E-state index in [1.807, 2.05) is 6.92 Å². The van der Waals surface area contributed by atoms with E-state index >= 15 is 0 Å². The van der Waals surface area contributed by atoms with Gasteiger partial charge in [-0.2, -0.15) is 13.2 Å². The number of alkyl halides is 3. The van der Waals surface area contributed by atoms with Crippen LogP contribution in [0.2, 0.25) is 0 Å². The summed E-state index contributed by atoms with van der Waals surface area (Å²) in [7, 11) is 1.66. The molecule has 0 atom stereocenters. The number of aliphatic carboxylic acids is 1. The Morgan fingerprint density at radius 2 is 2.04 bits per heavy atom. The molecule has 0 amide bonds. The Labute approximate surface area is 162 Å². The molecule has 0 unspecified atom stereocenters. The second-order valence-electron chi connectivity index (χ2n) is 5.78. The van der Waals surface area contributed by atoms with Crippen molar-refractivity contribution in [2.24, 2.45) is 7.05 Å². The molecule has 3 rings (SSSR count). The molecule has 0 aliphatic rings. The van der Waals surface area contributed by atoms with Gasteiger partial charge < -0.3 is 9.67 Å². The summed E-state index contributed by atoms with van der Waals surface area (Å²) in [5.41, 5.74) is 0.658. The van der Waals surface area contributed by atoms with Gasteiger partial charge in [0.25, 0.3) is 0 Å². The van der Waals surface area contributed by atoms with Crippen molar-refractivity contribution in [3.8, 4) is 11.5 Å². The molecule has 0 saturated heterocycles. The lowest BCUT2D eigenvalue weighted by Gasteiger charge is -2.08. The van der Waals surface area contributed by atoms with Crippen LogP contribution in [0.4, 0.5) is 13.2 Å². The fourth-order valence-corrected chi connectivity index (χ4v) is 3.41. The molecule has 3 aromatic rings. The number of carbonyl (C=O) groups is 1. The number of rotatable bonds is 5. The maximum atomic E-state index is 12.9. The normalized spacial score (nSPS) is 12.2. The van der Waals surface area contributed by atoms with Crippen LogP contribution in [0.5, 0.6) is 0 Å². The van der Waals surface area contributed by atoms with Crippen molar-refractivity contribution in [2.75, 3.05) is 5.75 Å². The second kappa shape index (κ2) is 7.63. The van der Waals surface area contributed by atoms with Crippen LogP contribution in [0, 0.1) is 0 Å². The molecule has 3 aromatic heterocycles. The summed E-state index contributed by atoms with van der Waals surface area (Å²) in [5.74, 6) is 0.0310. The first kappa shape index (κ1) is 19.9. The number of pyridine rings is 2. The highest BCUT2D eigenvalue weighted by atomic mass is 32.2. The van der Waals surface area contributed by atoms with Gasteiger partial charge in [0.05, 0.1) is 5.56 Å². The minimum absolute atomic E-state index is 0.122. The molecule has 0 aliphatic heterocycles. The van der Waals surface area contributed by atoms with Gasteiger partial charge in [-0.15, -0.1) is 11.8 Å². The van der Waals surface area contributed by atoms with E-state index < -0.39 is 17.7 Å². The third-order valence-corrected chi connectivity index (χ3v) is 4.75. The monoisotopic (exact) mass is 408 g/mol. The summed E-state index contributed by atoms with van der Waals surface area (Å²) in [6.07, 6.45) is 0.198. The van der Waals surface area contributed by atoms with Gasteiger partial charge in [0, 0.05) is 30.4 Å². The van der Waals surface area contributed by atoms with Gasteiger partial charge in [0.1, 0.15) is 11.2 Å². The van der Waals surface area contributed by atoms with Crippen molar-refractivity contribution < 1.29 is 23.1 Å². The van der Waals surface area contributed by atoms with Crippen molar-refractivity contribution in [2.45, 2.75) is 18.0 Å². The largest absolute Gasteiger partial charge is 0.478 e. The van der Waals surface area contributed by atoms with E-state index in [-0.39, 0.29) is 5.52 Å². The molecule has 0 fully saturated rings. The maximum Gasteiger partial charge on any atom is 0.417 e. The van der Waals surface area contributed by atoms with E-state index in [0.717, 1.165) is 29.0 Å². The summed E-state index contributed by atoms with van der Waals surface area (Å²) < 4.78 is 40.4. The molecule has 0 aliphatic carbocycles. The van der Waals surface area contributed by atoms with Crippen molar-refractivity contribution >= 4 is 35.0 Å². The summed E-state index contributed by atoms with van der Waals surface area (Å²) in [5, 5.41) is 8.76. The van der Waals surface area contributed by atoms with Gasteiger partial charge >= 0.3 is 12.1 Å². The Morgan fingerprint density at radius 1 is 1.29 bits per heavy atom. The van der Waals surface area contributed by atoms with E-state index in [4.69, 9.17) is 5.11 Å². The first-order chi connectivity index (χ1) is 13.2. The zero-order valence-electron chi connectivity index (χ0n) is 14.9. The van der Waals surface area contributed by atoms with Gasteiger partial charge in [0.15, 0.2) is 11.5 Å². The van der Waals surface area contributed by atoms with Crippen LogP contribution in [-0.4, -0.2) is 36.3 Å². The first-order valence-corrected chi connectivity index (χ1v) is 9.13.